The third kappa shape index (κ3) is 3.34. The summed E-state index contributed by atoms with van der Waals surface area (Å²) in [5.41, 5.74) is 0. The van der Waals surface area contributed by atoms with Crippen LogP contribution in [-0.4, -0.2) is 22.6 Å². The summed E-state index contributed by atoms with van der Waals surface area (Å²) in [6.07, 6.45) is 8.74. The Bertz CT molecular complexity index is 476. The van der Waals surface area contributed by atoms with E-state index >= 15 is 0 Å². The molecule has 1 atom stereocenters. The third-order valence-corrected chi connectivity index (χ3v) is 4.17. The summed E-state index contributed by atoms with van der Waals surface area (Å²) in [6.45, 7) is 0.827. The summed E-state index contributed by atoms with van der Waals surface area (Å²) in [7, 11) is 0. The van der Waals surface area contributed by atoms with Gasteiger partial charge in [-0.15, -0.1) is 0 Å². The van der Waals surface area contributed by atoms with Crippen LogP contribution in [0.1, 0.15) is 56.9 Å². The molecule has 2 heterocycles. The van der Waals surface area contributed by atoms with Crippen molar-refractivity contribution in [2.45, 2.75) is 57.1 Å². The van der Waals surface area contributed by atoms with Crippen molar-refractivity contribution in [3.8, 4) is 0 Å². The number of rotatable bonds is 3. The van der Waals surface area contributed by atoms with Gasteiger partial charge in [-0.2, -0.15) is 0 Å². The predicted octanol–water partition coefficient (Wildman–Crippen LogP) is 3.74. The molecule has 1 aliphatic heterocycles. The van der Waals surface area contributed by atoms with Gasteiger partial charge in [-0.1, -0.05) is 31.5 Å². The van der Waals surface area contributed by atoms with E-state index in [4.69, 9.17) is 17.0 Å². The predicted molar refractivity (Wildman–Crippen MR) is 77.8 cm³/mol. The van der Waals surface area contributed by atoms with Gasteiger partial charge in [0.05, 0.1) is 0 Å². The van der Waals surface area contributed by atoms with Gasteiger partial charge in [-0.3, -0.25) is 0 Å². The molecule has 2 aliphatic rings. The molecule has 104 valence electrons. The molecule has 2 fully saturated rings. The number of nitrogens with one attached hydrogen (secondary N) is 2. The van der Waals surface area contributed by atoms with Gasteiger partial charge in [0.15, 0.2) is 0 Å². The van der Waals surface area contributed by atoms with Crippen LogP contribution in [0, 0.1) is 4.64 Å². The Morgan fingerprint density at radius 1 is 1.21 bits per heavy atom. The first-order chi connectivity index (χ1) is 9.31. The highest BCUT2D eigenvalue weighted by Gasteiger charge is 2.20. The van der Waals surface area contributed by atoms with Crippen LogP contribution in [0.3, 0.4) is 0 Å². The minimum atomic E-state index is 0.0924. The van der Waals surface area contributed by atoms with E-state index < -0.39 is 0 Å². The summed E-state index contributed by atoms with van der Waals surface area (Å²) in [5.74, 6) is 1.88. The van der Waals surface area contributed by atoms with Gasteiger partial charge in [-0.05, 0) is 25.7 Å². The Morgan fingerprint density at radius 2 is 2.05 bits per heavy atom. The zero-order valence-corrected chi connectivity index (χ0v) is 12.0. The van der Waals surface area contributed by atoms with Crippen molar-refractivity contribution in [2.75, 3.05) is 11.9 Å². The molecular weight excluding hydrogens is 258 g/mol. The van der Waals surface area contributed by atoms with Crippen molar-refractivity contribution >= 4 is 18.0 Å². The van der Waals surface area contributed by atoms with Gasteiger partial charge in [-0.25, -0.2) is 4.98 Å². The molecule has 0 aromatic carbocycles. The smallest absolute Gasteiger partial charge is 0.138 e. The van der Waals surface area contributed by atoms with Gasteiger partial charge in [0, 0.05) is 18.7 Å². The molecule has 0 bridgehead atoms. The van der Waals surface area contributed by atoms with E-state index in [0.29, 0.717) is 10.7 Å². The van der Waals surface area contributed by atoms with Crippen LogP contribution < -0.4 is 5.32 Å². The lowest BCUT2D eigenvalue weighted by Crippen LogP contribution is -2.23. The minimum Gasteiger partial charge on any atom is -0.370 e. The number of aromatic amines is 1. The molecule has 5 heteroatoms. The Kier molecular flexibility index (Phi) is 4.13. The van der Waals surface area contributed by atoms with E-state index in [1.54, 1.807) is 0 Å². The number of nitrogens with zero attached hydrogens (tertiary/aromatic N) is 1. The van der Waals surface area contributed by atoms with Gasteiger partial charge >= 0.3 is 0 Å². The zero-order chi connectivity index (χ0) is 13.1. The van der Waals surface area contributed by atoms with Crippen LogP contribution in [0.25, 0.3) is 0 Å². The van der Waals surface area contributed by atoms with Crippen LogP contribution in [-0.2, 0) is 4.74 Å². The molecule has 2 N–H and O–H groups in total. The average Bonchev–Trinajstić information content (AvgIpc) is 2.93. The first-order valence-corrected chi connectivity index (χ1v) is 7.71. The van der Waals surface area contributed by atoms with Crippen LogP contribution in [0.15, 0.2) is 6.07 Å². The molecule has 0 radical (unpaired) electrons. The minimum absolute atomic E-state index is 0.0924. The molecule has 0 spiro atoms. The Balaban J connectivity index is 1.74. The molecule has 1 saturated heterocycles. The van der Waals surface area contributed by atoms with E-state index in [2.05, 4.69) is 15.3 Å². The molecule has 3 rings (SSSR count). The highest BCUT2D eigenvalue weighted by molar-refractivity contribution is 7.71. The number of aromatic nitrogens is 2. The van der Waals surface area contributed by atoms with Crippen molar-refractivity contribution < 1.29 is 4.74 Å². The van der Waals surface area contributed by atoms with E-state index in [1.807, 2.05) is 6.07 Å². The van der Waals surface area contributed by atoms with Gasteiger partial charge in [0.25, 0.3) is 0 Å². The summed E-state index contributed by atoms with van der Waals surface area (Å²) < 4.78 is 6.31. The standard InChI is InChI=1S/C14H21N3OS/c19-13-9-12(15-10-5-2-1-3-6-10)16-14(17-13)11-7-4-8-18-11/h9-11H,1-8H2,(H2,15,16,17,19). The average molecular weight is 279 g/mol. The first-order valence-electron chi connectivity index (χ1n) is 7.31. The van der Waals surface area contributed by atoms with Crippen LogP contribution >= 0.6 is 12.2 Å². The maximum absolute atomic E-state index is 5.67. The number of anilines is 1. The monoisotopic (exact) mass is 279 g/mol. The summed E-state index contributed by atoms with van der Waals surface area (Å²) in [5, 5.41) is 3.57. The van der Waals surface area contributed by atoms with Crippen molar-refractivity contribution in [2.24, 2.45) is 0 Å². The molecule has 1 aliphatic carbocycles. The van der Waals surface area contributed by atoms with E-state index in [9.17, 15) is 0 Å². The molecular formula is C14H21N3OS. The SMILES string of the molecule is S=c1cc(NC2CCCCC2)[nH]c(C2CCCO2)n1. The van der Waals surface area contributed by atoms with Crippen molar-refractivity contribution in [3.05, 3.63) is 16.5 Å². The topological polar surface area (TPSA) is 49.9 Å². The second-order valence-electron chi connectivity index (χ2n) is 5.50. The van der Waals surface area contributed by atoms with Crippen molar-refractivity contribution in [1.29, 1.82) is 0 Å². The summed E-state index contributed by atoms with van der Waals surface area (Å²) >= 11 is 5.26. The normalized spacial score (nSPS) is 24.5. The lowest BCUT2D eigenvalue weighted by molar-refractivity contribution is 0.105. The number of ether oxygens (including phenoxy) is 1. The maximum Gasteiger partial charge on any atom is 0.138 e. The number of H-pyrrole nitrogens is 1. The highest BCUT2D eigenvalue weighted by Crippen LogP contribution is 2.27. The molecule has 0 amide bonds. The Morgan fingerprint density at radius 3 is 2.79 bits per heavy atom. The molecule has 4 nitrogen and oxygen atoms in total. The fourth-order valence-corrected chi connectivity index (χ4v) is 3.18. The Hall–Kier alpha value is -0.940. The van der Waals surface area contributed by atoms with Gasteiger partial charge in [0.2, 0.25) is 0 Å². The van der Waals surface area contributed by atoms with E-state index in [0.717, 1.165) is 31.1 Å². The Labute approximate surface area is 119 Å². The van der Waals surface area contributed by atoms with Crippen LogP contribution in [0.2, 0.25) is 0 Å². The van der Waals surface area contributed by atoms with E-state index in [-0.39, 0.29) is 6.10 Å². The second-order valence-corrected chi connectivity index (χ2v) is 5.92. The first kappa shape index (κ1) is 13.1. The quantitative estimate of drug-likeness (QED) is 0.828. The fourth-order valence-electron chi connectivity index (χ4n) is 2.97. The highest BCUT2D eigenvalue weighted by atomic mass is 32.1. The number of hydrogen-bond acceptors (Lipinski definition) is 4. The summed E-state index contributed by atoms with van der Waals surface area (Å²) in [6, 6.07) is 2.49. The van der Waals surface area contributed by atoms with Gasteiger partial charge < -0.3 is 15.0 Å². The molecule has 1 aromatic rings. The molecule has 1 saturated carbocycles. The lowest BCUT2D eigenvalue weighted by Gasteiger charge is -2.24. The van der Waals surface area contributed by atoms with Crippen molar-refractivity contribution in [3.63, 3.8) is 0 Å². The second kappa shape index (κ2) is 6.01. The third-order valence-electron chi connectivity index (χ3n) is 3.96. The van der Waals surface area contributed by atoms with Crippen LogP contribution in [0.4, 0.5) is 5.82 Å². The summed E-state index contributed by atoms with van der Waals surface area (Å²) in [4.78, 5) is 7.76. The molecule has 19 heavy (non-hydrogen) atoms. The zero-order valence-electron chi connectivity index (χ0n) is 11.2. The van der Waals surface area contributed by atoms with Gasteiger partial charge in [0.1, 0.15) is 22.4 Å². The largest absolute Gasteiger partial charge is 0.370 e. The lowest BCUT2D eigenvalue weighted by atomic mass is 9.95. The van der Waals surface area contributed by atoms with Crippen molar-refractivity contribution in [1.82, 2.24) is 9.97 Å². The molecule has 1 unspecified atom stereocenters. The van der Waals surface area contributed by atoms with E-state index in [1.165, 1.54) is 32.1 Å². The van der Waals surface area contributed by atoms with Crippen LogP contribution in [0.5, 0.6) is 0 Å². The maximum atomic E-state index is 5.67. The molecule has 1 aromatic heterocycles. The number of hydrogen-bond donors (Lipinski definition) is 2. The fraction of sp³-hybridized carbons (Fsp3) is 0.714.